The highest BCUT2D eigenvalue weighted by molar-refractivity contribution is 5.48. The zero-order valence-corrected chi connectivity index (χ0v) is 7.90. The van der Waals surface area contributed by atoms with E-state index in [4.69, 9.17) is 15.2 Å². The number of rotatable bonds is 3. The first kappa shape index (κ1) is 9.09. The molecule has 0 spiro atoms. The maximum absolute atomic E-state index is 5.47. The molecule has 1 aliphatic heterocycles. The average molecular weight is 191 g/mol. The summed E-state index contributed by atoms with van der Waals surface area (Å²) in [5.74, 6) is 1.60. The Bertz CT molecular complexity index is 347. The van der Waals surface area contributed by atoms with Crippen LogP contribution in [0.15, 0.2) is 30.7 Å². The maximum Gasteiger partial charge on any atom is 0.172 e. The van der Waals surface area contributed by atoms with Crippen LogP contribution in [0.4, 0.5) is 0 Å². The fraction of sp³-hybridized carbons (Fsp3) is 0.273. The molecule has 1 aliphatic rings. The Morgan fingerprint density at radius 3 is 2.86 bits per heavy atom. The molecule has 0 unspecified atom stereocenters. The summed E-state index contributed by atoms with van der Waals surface area (Å²) in [5.41, 5.74) is 6.62. The summed E-state index contributed by atoms with van der Waals surface area (Å²) in [6, 6.07) is 5.90. The van der Waals surface area contributed by atoms with Crippen LogP contribution in [-0.4, -0.2) is 6.54 Å². The molecular formula is C11H13NO2. The molecule has 14 heavy (non-hydrogen) atoms. The number of nitrogens with two attached hydrogens (primary N) is 1. The van der Waals surface area contributed by atoms with Crippen LogP contribution in [-0.2, 0) is 6.42 Å². The van der Waals surface area contributed by atoms with Crippen molar-refractivity contribution in [3.05, 3.63) is 36.3 Å². The van der Waals surface area contributed by atoms with Crippen LogP contribution in [0.3, 0.4) is 0 Å². The monoisotopic (exact) mass is 191 g/mol. The molecule has 0 saturated heterocycles. The van der Waals surface area contributed by atoms with E-state index in [2.05, 4.69) is 0 Å². The van der Waals surface area contributed by atoms with Gasteiger partial charge in [0, 0.05) is 0 Å². The van der Waals surface area contributed by atoms with E-state index in [0.717, 1.165) is 29.9 Å². The molecule has 1 aromatic carbocycles. The largest absolute Gasteiger partial charge is 0.458 e. The third kappa shape index (κ3) is 1.72. The van der Waals surface area contributed by atoms with Gasteiger partial charge in [-0.05, 0) is 31.0 Å². The van der Waals surface area contributed by atoms with Crippen molar-refractivity contribution in [2.24, 2.45) is 5.73 Å². The van der Waals surface area contributed by atoms with Crippen LogP contribution in [0.5, 0.6) is 11.5 Å². The van der Waals surface area contributed by atoms with Gasteiger partial charge < -0.3 is 15.2 Å². The van der Waals surface area contributed by atoms with E-state index in [0.29, 0.717) is 6.54 Å². The number of hydrogen-bond acceptors (Lipinski definition) is 3. The predicted octanol–water partition coefficient (Wildman–Crippen LogP) is 1.82. The molecule has 0 bridgehead atoms. The zero-order chi connectivity index (χ0) is 9.80. The van der Waals surface area contributed by atoms with Gasteiger partial charge in [0.2, 0.25) is 0 Å². The number of benzene rings is 1. The number of hydrogen-bond donors (Lipinski definition) is 1. The lowest BCUT2D eigenvalue weighted by atomic mass is 10.1. The van der Waals surface area contributed by atoms with E-state index < -0.39 is 0 Å². The molecule has 74 valence electrons. The molecule has 1 aromatic rings. The average Bonchev–Trinajstić information content (AvgIpc) is 2.26. The van der Waals surface area contributed by atoms with E-state index in [1.165, 1.54) is 6.26 Å². The van der Waals surface area contributed by atoms with Crippen molar-refractivity contribution in [3.63, 3.8) is 0 Å². The van der Waals surface area contributed by atoms with Crippen molar-refractivity contribution in [1.82, 2.24) is 0 Å². The lowest BCUT2D eigenvalue weighted by molar-refractivity contribution is 0.358. The van der Waals surface area contributed by atoms with Crippen LogP contribution in [0, 0.1) is 0 Å². The first-order chi connectivity index (χ1) is 6.92. The number of fused-ring (bicyclic) bond motifs is 1. The van der Waals surface area contributed by atoms with Crippen molar-refractivity contribution in [2.75, 3.05) is 6.54 Å². The molecule has 0 aliphatic carbocycles. The van der Waals surface area contributed by atoms with Gasteiger partial charge in [0.05, 0.1) is 0 Å². The molecule has 2 N–H and O–H groups in total. The molecule has 3 heteroatoms. The minimum atomic E-state index is 0.695. The third-order valence-electron chi connectivity index (χ3n) is 2.15. The standard InChI is InChI=1S/C11H13NO2/c12-6-2-4-9-3-1-5-10-11(9)14-8-7-13-10/h1,3,5,7-8H,2,4,6,12H2. The normalized spacial score (nSPS) is 12.9. The Balaban J connectivity index is 2.24. The summed E-state index contributed by atoms with van der Waals surface area (Å²) in [6.45, 7) is 0.695. The van der Waals surface area contributed by atoms with Crippen molar-refractivity contribution < 1.29 is 9.47 Å². The smallest absolute Gasteiger partial charge is 0.172 e. The summed E-state index contributed by atoms with van der Waals surface area (Å²) >= 11 is 0. The van der Waals surface area contributed by atoms with Gasteiger partial charge in [-0.25, -0.2) is 0 Å². The molecule has 3 nitrogen and oxygen atoms in total. The predicted molar refractivity (Wildman–Crippen MR) is 54.2 cm³/mol. The van der Waals surface area contributed by atoms with Crippen molar-refractivity contribution in [3.8, 4) is 11.5 Å². The minimum Gasteiger partial charge on any atom is -0.458 e. The fourth-order valence-electron chi connectivity index (χ4n) is 1.47. The van der Waals surface area contributed by atoms with Gasteiger partial charge in [-0.1, -0.05) is 12.1 Å². The Morgan fingerprint density at radius 2 is 2.00 bits per heavy atom. The van der Waals surface area contributed by atoms with Gasteiger partial charge in [-0.3, -0.25) is 0 Å². The molecule has 0 aromatic heterocycles. The Morgan fingerprint density at radius 1 is 1.14 bits per heavy atom. The second-order valence-electron chi connectivity index (χ2n) is 3.14. The van der Waals surface area contributed by atoms with Crippen LogP contribution < -0.4 is 15.2 Å². The molecule has 1 heterocycles. The summed E-state index contributed by atoms with van der Waals surface area (Å²) in [7, 11) is 0. The Hall–Kier alpha value is -1.48. The van der Waals surface area contributed by atoms with Gasteiger partial charge in [-0.2, -0.15) is 0 Å². The second kappa shape index (κ2) is 4.15. The van der Waals surface area contributed by atoms with Crippen molar-refractivity contribution in [2.45, 2.75) is 12.8 Å². The van der Waals surface area contributed by atoms with Gasteiger partial charge in [0.15, 0.2) is 11.5 Å². The minimum absolute atomic E-state index is 0.695. The van der Waals surface area contributed by atoms with Crippen molar-refractivity contribution >= 4 is 0 Å². The summed E-state index contributed by atoms with van der Waals surface area (Å²) in [6.07, 6.45) is 4.98. The van der Waals surface area contributed by atoms with Gasteiger partial charge >= 0.3 is 0 Å². The summed E-state index contributed by atoms with van der Waals surface area (Å²) in [4.78, 5) is 0. The SMILES string of the molecule is NCCCc1cccc2c1OC=CO2. The Kier molecular flexibility index (Phi) is 2.70. The lowest BCUT2D eigenvalue weighted by Crippen LogP contribution is -2.03. The van der Waals surface area contributed by atoms with E-state index in [-0.39, 0.29) is 0 Å². The third-order valence-corrected chi connectivity index (χ3v) is 2.15. The zero-order valence-electron chi connectivity index (χ0n) is 7.90. The number of ether oxygens (including phenoxy) is 2. The number of aryl methyl sites for hydroxylation is 1. The van der Waals surface area contributed by atoms with Gasteiger partial charge in [-0.15, -0.1) is 0 Å². The number of para-hydroxylation sites is 1. The highest BCUT2D eigenvalue weighted by Gasteiger charge is 2.12. The second-order valence-corrected chi connectivity index (χ2v) is 3.14. The van der Waals surface area contributed by atoms with E-state index in [9.17, 15) is 0 Å². The van der Waals surface area contributed by atoms with Gasteiger partial charge in [0.25, 0.3) is 0 Å². The van der Waals surface area contributed by atoms with Crippen LogP contribution in [0.2, 0.25) is 0 Å². The highest BCUT2D eigenvalue weighted by atomic mass is 16.5. The van der Waals surface area contributed by atoms with Crippen LogP contribution in [0.25, 0.3) is 0 Å². The Labute approximate surface area is 83.1 Å². The van der Waals surface area contributed by atoms with Gasteiger partial charge in [0.1, 0.15) is 12.5 Å². The summed E-state index contributed by atoms with van der Waals surface area (Å²) in [5, 5.41) is 0. The molecule has 0 radical (unpaired) electrons. The molecule has 0 fully saturated rings. The fourth-order valence-corrected chi connectivity index (χ4v) is 1.47. The molecular weight excluding hydrogens is 178 g/mol. The topological polar surface area (TPSA) is 44.5 Å². The maximum atomic E-state index is 5.47. The molecule has 0 saturated carbocycles. The first-order valence-corrected chi connectivity index (χ1v) is 4.72. The lowest BCUT2D eigenvalue weighted by Gasteiger charge is -2.15. The first-order valence-electron chi connectivity index (χ1n) is 4.72. The van der Waals surface area contributed by atoms with E-state index in [1.54, 1.807) is 6.26 Å². The van der Waals surface area contributed by atoms with Crippen molar-refractivity contribution in [1.29, 1.82) is 0 Å². The highest BCUT2D eigenvalue weighted by Crippen LogP contribution is 2.34. The van der Waals surface area contributed by atoms with Crippen LogP contribution in [0.1, 0.15) is 12.0 Å². The summed E-state index contributed by atoms with van der Waals surface area (Å²) < 4.78 is 10.7. The van der Waals surface area contributed by atoms with E-state index in [1.807, 2.05) is 18.2 Å². The molecule has 2 rings (SSSR count). The quantitative estimate of drug-likeness (QED) is 0.792. The molecule has 0 atom stereocenters. The van der Waals surface area contributed by atoms with E-state index >= 15 is 0 Å². The van der Waals surface area contributed by atoms with Crippen LogP contribution >= 0.6 is 0 Å². The molecule has 0 amide bonds.